The monoisotopic (exact) mass is 712 g/mol. The van der Waals surface area contributed by atoms with Gasteiger partial charge in [-0.15, -0.1) is 0 Å². The van der Waals surface area contributed by atoms with E-state index in [-0.39, 0.29) is 0 Å². The Labute approximate surface area is 323 Å². The van der Waals surface area contributed by atoms with Crippen LogP contribution < -0.4 is 9.80 Å². The lowest BCUT2D eigenvalue weighted by Gasteiger charge is -2.57. The Balaban J connectivity index is 1.04. The second-order valence-corrected chi connectivity index (χ2v) is 16.4. The van der Waals surface area contributed by atoms with E-state index < -0.39 is 0 Å². The molecule has 3 nitrogen and oxygen atoms in total. The number of rotatable bonds is 8. The lowest BCUT2D eigenvalue weighted by atomic mass is 9.48. The van der Waals surface area contributed by atoms with Crippen molar-refractivity contribution in [2.75, 3.05) is 9.80 Å². The van der Waals surface area contributed by atoms with Gasteiger partial charge in [0.1, 0.15) is 5.58 Å². The van der Waals surface area contributed by atoms with Gasteiger partial charge in [-0.3, -0.25) is 0 Å². The average molecular weight is 713 g/mol. The molecule has 4 aliphatic rings. The standard InChI is InChI=1S/C52H44N2O/c1-4-12-39(13-5-1)40-22-26-44(27-23-40)54(43-16-8-3-9-17-43)48-20-10-18-46-50-47(19-11-21-49(50)55-51(46)48)53(42-14-6-2-7-15-42)45-28-24-41(25-29-45)52-33-36-30-37(34-52)32-38(31-36)35-52/h1-29,36-38H,30-35H2. The van der Waals surface area contributed by atoms with Gasteiger partial charge in [0.15, 0.2) is 5.58 Å². The minimum atomic E-state index is 0.370. The third kappa shape index (κ3) is 5.56. The van der Waals surface area contributed by atoms with Crippen molar-refractivity contribution in [2.24, 2.45) is 17.8 Å². The molecule has 3 heteroatoms. The van der Waals surface area contributed by atoms with E-state index in [0.29, 0.717) is 5.41 Å². The van der Waals surface area contributed by atoms with Crippen LogP contribution in [0.25, 0.3) is 33.1 Å². The van der Waals surface area contributed by atoms with Gasteiger partial charge in [0.05, 0.1) is 16.8 Å². The summed E-state index contributed by atoms with van der Waals surface area (Å²) in [4.78, 5) is 4.74. The van der Waals surface area contributed by atoms with Crippen molar-refractivity contribution >= 4 is 56.1 Å². The molecule has 268 valence electrons. The number of hydrogen-bond acceptors (Lipinski definition) is 3. The lowest BCUT2D eigenvalue weighted by Crippen LogP contribution is -2.48. The summed E-state index contributed by atoms with van der Waals surface area (Å²) in [6.45, 7) is 0. The molecule has 0 aliphatic heterocycles. The second kappa shape index (κ2) is 13.1. The number of fused-ring (bicyclic) bond motifs is 3. The van der Waals surface area contributed by atoms with Gasteiger partial charge in [-0.25, -0.2) is 0 Å². The highest BCUT2D eigenvalue weighted by atomic mass is 16.3. The smallest absolute Gasteiger partial charge is 0.159 e. The van der Waals surface area contributed by atoms with Crippen LogP contribution in [0.5, 0.6) is 0 Å². The summed E-state index contributed by atoms with van der Waals surface area (Å²) < 4.78 is 6.95. The summed E-state index contributed by atoms with van der Waals surface area (Å²) in [6, 6.07) is 63.6. The number of benzene rings is 7. The van der Waals surface area contributed by atoms with Crippen LogP contribution in [-0.2, 0) is 5.41 Å². The van der Waals surface area contributed by atoms with Crippen molar-refractivity contribution in [1.29, 1.82) is 0 Å². The van der Waals surface area contributed by atoms with Crippen LogP contribution in [0.15, 0.2) is 180 Å². The summed E-state index contributed by atoms with van der Waals surface area (Å²) in [5.74, 6) is 2.78. The molecule has 0 N–H and O–H groups in total. The zero-order chi connectivity index (χ0) is 36.3. The Bertz CT molecular complexity index is 2570. The molecule has 4 saturated carbocycles. The van der Waals surface area contributed by atoms with Crippen molar-refractivity contribution in [3.63, 3.8) is 0 Å². The predicted molar refractivity (Wildman–Crippen MR) is 228 cm³/mol. The van der Waals surface area contributed by atoms with Gasteiger partial charge >= 0.3 is 0 Å². The molecule has 0 amide bonds. The quantitative estimate of drug-likeness (QED) is 0.156. The highest BCUT2D eigenvalue weighted by molar-refractivity contribution is 6.16. The minimum absolute atomic E-state index is 0.370. The summed E-state index contributed by atoms with van der Waals surface area (Å²) in [5.41, 5.74) is 12.6. The molecule has 12 rings (SSSR count). The Morgan fingerprint density at radius 2 is 0.891 bits per heavy atom. The van der Waals surface area contributed by atoms with Crippen LogP contribution in [0.1, 0.15) is 44.1 Å². The number of hydrogen-bond donors (Lipinski definition) is 0. The number of furan rings is 1. The van der Waals surface area contributed by atoms with Crippen LogP contribution in [-0.4, -0.2) is 0 Å². The second-order valence-electron chi connectivity index (χ2n) is 16.4. The van der Waals surface area contributed by atoms with Gasteiger partial charge in [-0.2, -0.15) is 0 Å². The first-order valence-electron chi connectivity index (χ1n) is 20.1. The van der Waals surface area contributed by atoms with Crippen LogP contribution >= 0.6 is 0 Å². The van der Waals surface area contributed by atoms with E-state index in [9.17, 15) is 0 Å². The molecule has 4 aliphatic carbocycles. The molecule has 4 fully saturated rings. The van der Waals surface area contributed by atoms with E-state index in [1.807, 2.05) is 0 Å². The van der Waals surface area contributed by atoms with Crippen molar-refractivity contribution in [2.45, 2.75) is 43.9 Å². The number of anilines is 6. The molecular formula is C52H44N2O. The molecule has 7 aromatic carbocycles. The molecule has 8 aromatic rings. The third-order valence-electron chi connectivity index (χ3n) is 13.0. The van der Waals surface area contributed by atoms with Gasteiger partial charge < -0.3 is 14.2 Å². The summed E-state index contributed by atoms with van der Waals surface area (Å²) >= 11 is 0. The van der Waals surface area contributed by atoms with Crippen molar-refractivity contribution in [3.05, 3.63) is 181 Å². The highest BCUT2D eigenvalue weighted by Crippen LogP contribution is 2.61. The summed E-state index contributed by atoms with van der Waals surface area (Å²) in [6.07, 6.45) is 8.52. The Hall–Kier alpha value is -6.06. The van der Waals surface area contributed by atoms with Crippen LogP contribution in [0.3, 0.4) is 0 Å². The third-order valence-corrected chi connectivity index (χ3v) is 13.0. The lowest BCUT2D eigenvalue weighted by molar-refractivity contribution is -0.00518. The topological polar surface area (TPSA) is 19.6 Å². The zero-order valence-electron chi connectivity index (χ0n) is 31.0. The first kappa shape index (κ1) is 32.4. The van der Waals surface area contributed by atoms with Gasteiger partial charge in [-0.1, -0.05) is 109 Å². The fraction of sp³-hybridized carbons (Fsp3) is 0.192. The molecule has 55 heavy (non-hydrogen) atoms. The number of para-hydroxylation sites is 3. The van der Waals surface area contributed by atoms with E-state index in [0.717, 1.165) is 68.1 Å². The van der Waals surface area contributed by atoms with Gasteiger partial charge in [-0.05, 0) is 145 Å². The minimum Gasteiger partial charge on any atom is -0.454 e. The first-order valence-corrected chi connectivity index (χ1v) is 20.1. The fourth-order valence-corrected chi connectivity index (χ4v) is 11.0. The van der Waals surface area contributed by atoms with E-state index in [1.165, 1.54) is 55.3 Å². The summed E-state index contributed by atoms with van der Waals surface area (Å²) in [5, 5.41) is 2.21. The van der Waals surface area contributed by atoms with Gasteiger partial charge in [0, 0.05) is 28.1 Å². The maximum Gasteiger partial charge on any atom is 0.159 e. The van der Waals surface area contributed by atoms with Crippen molar-refractivity contribution in [3.8, 4) is 11.1 Å². The maximum absolute atomic E-state index is 6.95. The maximum atomic E-state index is 6.95. The van der Waals surface area contributed by atoms with Crippen LogP contribution in [0, 0.1) is 17.8 Å². The molecule has 1 heterocycles. The molecule has 0 unspecified atom stereocenters. The Morgan fingerprint density at radius 1 is 0.418 bits per heavy atom. The van der Waals surface area contributed by atoms with E-state index in [1.54, 1.807) is 5.56 Å². The molecule has 0 saturated heterocycles. The molecule has 0 radical (unpaired) electrons. The fourth-order valence-electron chi connectivity index (χ4n) is 11.0. The summed E-state index contributed by atoms with van der Waals surface area (Å²) in [7, 11) is 0. The van der Waals surface area contributed by atoms with E-state index in [2.05, 4.69) is 186 Å². The first-order chi connectivity index (χ1) is 27.2. The van der Waals surface area contributed by atoms with Crippen LogP contribution in [0.4, 0.5) is 34.1 Å². The Morgan fingerprint density at radius 3 is 1.49 bits per heavy atom. The van der Waals surface area contributed by atoms with E-state index in [4.69, 9.17) is 4.42 Å². The van der Waals surface area contributed by atoms with Gasteiger partial charge in [0.2, 0.25) is 0 Å². The largest absolute Gasteiger partial charge is 0.454 e. The average Bonchev–Trinajstić information content (AvgIpc) is 3.63. The van der Waals surface area contributed by atoms with E-state index >= 15 is 0 Å². The predicted octanol–water partition coefficient (Wildman–Crippen LogP) is 14.7. The van der Waals surface area contributed by atoms with Crippen LogP contribution in [0.2, 0.25) is 0 Å². The highest BCUT2D eigenvalue weighted by Gasteiger charge is 2.51. The molecule has 0 atom stereocenters. The normalized spacial score (nSPS) is 21.3. The molecule has 4 bridgehead atoms. The van der Waals surface area contributed by atoms with Crippen molar-refractivity contribution in [1.82, 2.24) is 0 Å². The van der Waals surface area contributed by atoms with Crippen molar-refractivity contribution < 1.29 is 4.42 Å². The molecule has 0 spiro atoms. The zero-order valence-corrected chi connectivity index (χ0v) is 31.0. The van der Waals surface area contributed by atoms with Gasteiger partial charge in [0.25, 0.3) is 0 Å². The SMILES string of the molecule is c1ccc(-c2ccc(N(c3ccccc3)c3cccc4c3oc3cccc(N(c5ccccc5)c5ccc(C67CC8CC(CC(C8)C6)C7)cc5)c34)cc2)cc1. The Kier molecular flexibility index (Phi) is 7.69. The molecular weight excluding hydrogens is 669 g/mol. The number of nitrogens with zero attached hydrogens (tertiary/aromatic N) is 2. The molecule has 1 aromatic heterocycles.